The fraction of sp³-hybridized carbons (Fsp3) is 0.605. The van der Waals surface area contributed by atoms with Crippen LogP contribution in [0.1, 0.15) is 76.8 Å². The average Bonchev–Trinajstić information content (AvgIpc) is 3.26. The molecule has 4 aliphatic rings. The molecule has 1 N–H and O–H groups in total. The molecule has 9 nitrogen and oxygen atoms in total. The van der Waals surface area contributed by atoms with Gasteiger partial charge in [-0.15, -0.1) is 11.8 Å². The van der Waals surface area contributed by atoms with Crippen molar-refractivity contribution in [1.29, 1.82) is 0 Å². The predicted molar refractivity (Wildman–Crippen MR) is 195 cm³/mol. The van der Waals surface area contributed by atoms with Crippen LogP contribution in [0.3, 0.4) is 0 Å². The first kappa shape index (κ1) is 35.5. The number of para-hydroxylation sites is 2. The van der Waals surface area contributed by atoms with Gasteiger partial charge in [0, 0.05) is 81.6 Å². The molecule has 4 aliphatic heterocycles. The monoisotopic (exact) mass is 692 g/mol. The zero-order chi connectivity index (χ0) is 34.9. The Morgan fingerprint density at radius 1 is 0.959 bits per heavy atom. The lowest BCUT2D eigenvalue weighted by molar-refractivity contribution is -0.136. The summed E-state index contributed by atoms with van der Waals surface area (Å²) >= 11 is 1.50. The van der Waals surface area contributed by atoms with E-state index >= 15 is 4.39 Å². The van der Waals surface area contributed by atoms with Crippen LogP contribution in [0.15, 0.2) is 42.5 Å². The summed E-state index contributed by atoms with van der Waals surface area (Å²) in [5.74, 6) is 0.0768. The van der Waals surface area contributed by atoms with Gasteiger partial charge in [-0.2, -0.15) is 0 Å². The van der Waals surface area contributed by atoms with Crippen LogP contribution in [-0.2, 0) is 16.0 Å². The maximum absolute atomic E-state index is 15.7. The van der Waals surface area contributed by atoms with Gasteiger partial charge in [-0.05, 0) is 70.1 Å². The van der Waals surface area contributed by atoms with Crippen molar-refractivity contribution in [3.05, 3.63) is 59.4 Å². The molecule has 3 saturated heterocycles. The number of amides is 4. The van der Waals surface area contributed by atoms with Crippen molar-refractivity contribution in [2.75, 3.05) is 62.6 Å². The highest BCUT2D eigenvalue weighted by atomic mass is 32.2. The van der Waals surface area contributed by atoms with Crippen LogP contribution in [-0.4, -0.2) is 107 Å². The van der Waals surface area contributed by atoms with Crippen LogP contribution in [0, 0.1) is 11.7 Å². The molecule has 11 heteroatoms. The molecule has 0 aromatic heterocycles. The van der Waals surface area contributed by atoms with Gasteiger partial charge in [-0.3, -0.25) is 14.5 Å². The first-order chi connectivity index (χ1) is 23.4. The van der Waals surface area contributed by atoms with Gasteiger partial charge in [-0.1, -0.05) is 44.2 Å². The smallest absolute Gasteiger partial charge is 0.322 e. The van der Waals surface area contributed by atoms with Gasteiger partial charge >= 0.3 is 6.03 Å². The molecule has 0 radical (unpaired) electrons. The Labute approximate surface area is 295 Å². The number of benzene rings is 2. The third-order valence-electron chi connectivity index (χ3n) is 10.7. The molecule has 266 valence electrons. The Morgan fingerprint density at radius 2 is 1.67 bits per heavy atom. The van der Waals surface area contributed by atoms with Crippen LogP contribution in [0.4, 0.5) is 20.6 Å². The van der Waals surface area contributed by atoms with Gasteiger partial charge in [0.25, 0.3) is 0 Å². The van der Waals surface area contributed by atoms with Crippen LogP contribution < -0.4 is 10.2 Å². The zero-order valence-electron chi connectivity index (χ0n) is 29.8. The van der Waals surface area contributed by atoms with Crippen molar-refractivity contribution < 1.29 is 18.8 Å². The summed E-state index contributed by atoms with van der Waals surface area (Å²) < 4.78 is 15.7. The van der Waals surface area contributed by atoms with Crippen molar-refractivity contribution >= 4 is 41.0 Å². The quantitative estimate of drug-likeness (QED) is 0.355. The number of hydrogen-bond acceptors (Lipinski definition) is 6. The Bertz CT molecular complexity index is 1520. The second kappa shape index (κ2) is 14.9. The number of nitrogens with zero attached hydrogens (tertiary/aromatic N) is 5. The van der Waals surface area contributed by atoms with E-state index in [9.17, 15) is 14.4 Å². The topological polar surface area (TPSA) is 79.4 Å². The van der Waals surface area contributed by atoms with Crippen LogP contribution in [0.5, 0.6) is 0 Å². The number of likely N-dealkylation sites (tertiary alicyclic amines) is 1. The number of halogens is 1. The van der Waals surface area contributed by atoms with E-state index in [-0.39, 0.29) is 47.0 Å². The minimum atomic E-state index is -0.522. The fourth-order valence-corrected chi connectivity index (χ4v) is 9.20. The van der Waals surface area contributed by atoms with Crippen molar-refractivity contribution in [3.8, 4) is 0 Å². The number of piperidine rings is 1. The summed E-state index contributed by atoms with van der Waals surface area (Å²) in [4.78, 5) is 51.1. The Morgan fingerprint density at radius 3 is 2.37 bits per heavy atom. The van der Waals surface area contributed by atoms with Gasteiger partial charge in [0.05, 0.1) is 10.9 Å². The number of urea groups is 1. The number of rotatable bonds is 8. The number of hydrogen-bond donors (Lipinski definition) is 1. The maximum atomic E-state index is 15.7. The lowest BCUT2D eigenvalue weighted by Crippen LogP contribution is -2.53. The van der Waals surface area contributed by atoms with E-state index in [4.69, 9.17) is 0 Å². The number of thioether (sulfide) groups is 1. The van der Waals surface area contributed by atoms with E-state index in [1.165, 1.54) is 17.8 Å². The minimum Gasteiger partial charge on any atom is -0.366 e. The van der Waals surface area contributed by atoms with Crippen LogP contribution in [0.25, 0.3) is 0 Å². The molecule has 2 aromatic carbocycles. The van der Waals surface area contributed by atoms with Gasteiger partial charge in [-0.25, -0.2) is 9.18 Å². The second-order valence-corrected chi connectivity index (χ2v) is 16.6. The van der Waals surface area contributed by atoms with Gasteiger partial charge in [0.15, 0.2) is 0 Å². The molecule has 49 heavy (non-hydrogen) atoms. The number of nitrogens with one attached hydrogen (secondary N) is 1. The van der Waals surface area contributed by atoms with E-state index < -0.39 is 5.25 Å². The molecule has 4 heterocycles. The third-order valence-corrected chi connectivity index (χ3v) is 12.1. The highest BCUT2D eigenvalue weighted by Crippen LogP contribution is 2.48. The minimum absolute atomic E-state index is 0.0285. The molecule has 6 rings (SSSR count). The number of fused-ring (bicyclic) bond motifs is 1. The first-order valence-corrected chi connectivity index (χ1v) is 19.0. The van der Waals surface area contributed by atoms with Gasteiger partial charge in [0.1, 0.15) is 11.2 Å². The maximum Gasteiger partial charge on any atom is 0.322 e. The van der Waals surface area contributed by atoms with Crippen molar-refractivity contribution in [2.24, 2.45) is 5.92 Å². The zero-order valence-corrected chi connectivity index (χ0v) is 30.6. The van der Waals surface area contributed by atoms with Crippen LogP contribution >= 0.6 is 11.8 Å². The third kappa shape index (κ3) is 7.88. The lowest BCUT2D eigenvalue weighted by Gasteiger charge is -2.43. The first-order valence-electron chi connectivity index (χ1n) is 18.1. The second-order valence-electron chi connectivity index (χ2n) is 15.4. The fourth-order valence-electron chi connectivity index (χ4n) is 7.71. The molecule has 4 amide bonds. The molecule has 0 aliphatic carbocycles. The normalized spacial score (nSPS) is 22.8. The number of piperazine rings is 1. The van der Waals surface area contributed by atoms with Gasteiger partial charge < -0.3 is 24.9 Å². The summed E-state index contributed by atoms with van der Waals surface area (Å²) in [5, 5.41) is 2.19. The number of anilines is 2. The highest BCUT2D eigenvalue weighted by molar-refractivity contribution is 8.01. The summed E-state index contributed by atoms with van der Waals surface area (Å²) in [6, 6.07) is 13.1. The highest BCUT2D eigenvalue weighted by Gasteiger charge is 2.44. The Kier molecular flexibility index (Phi) is 10.8. The van der Waals surface area contributed by atoms with E-state index in [2.05, 4.69) is 55.8 Å². The standard InChI is InChI=1S/C38H53FN6O3S/c1-26(2)13-19-45-35(47)32(49-36(45)29-10-8-11-30(39)34(29)42-21-23-43(24-22-42)38(3,4)5)25-33(46)41-17-15-28(16-18-41)44-20-14-27-9-6-7-12-31(27)40-37(44)48/h6-12,26,28,32,36H,13-25H2,1-5H3,(H,40,48)/t32-,36?/m0/s1. The SMILES string of the molecule is CC(C)CCN1C(=O)[C@H](CC(=O)N2CCC(N3CCc4ccccc4NC3=O)CC2)SC1c1cccc(F)c1N1CCN(C(C)(C)C)CC1. The molecule has 0 saturated carbocycles. The summed E-state index contributed by atoms with van der Waals surface area (Å²) in [6.45, 7) is 16.4. The lowest BCUT2D eigenvalue weighted by atomic mass is 10.0. The van der Waals surface area contributed by atoms with Crippen molar-refractivity contribution in [3.63, 3.8) is 0 Å². The summed E-state index contributed by atoms with van der Waals surface area (Å²) in [6.07, 6.45) is 3.17. The van der Waals surface area contributed by atoms with E-state index in [1.54, 1.807) is 6.07 Å². The van der Waals surface area contributed by atoms with E-state index in [0.29, 0.717) is 63.7 Å². The number of carbonyl (C=O) groups is 3. The molecule has 2 aromatic rings. The summed E-state index contributed by atoms with van der Waals surface area (Å²) in [7, 11) is 0. The Hall–Kier alpha value is -3.31. The molecule has 1 unspecified atom stereocenters. The molecule has 0 bridgehead atoms. The van der Waals surface area contributed by atoms with Crippen molar-refractivity contribution in [2.45, 2.75) is 88.9 Å². The largest absolute Gasteiger partial charge is 0.366 e. The van der Waals surface area contributed by atoms with Crippen molar-refractivity contribution in [1.82, 2.24) is 19.6 Å². The summed E-state index contributed by atoms with van der Waals surface area (Å²) in [5.41, 5.74) is 3.47. The van der Waals surface area contributed by atoms with E-state index in [0.717, 1.165) is 42.7 Å². The molecule has 0 spiro atoms. The van der Waals surface area contributed by atoms with Crippen LogP contribution in [0.2, 0.25) is 0 Å². The molecular weight excluding hydrogens is 640 g/mol. The van der Waals surface area contributed by atoms with E-state index in [1.807, 2.05) is 39.0 Å². The average molecular weight is 693 g/mol. The molecule has 3 fully saturated rings. The molecular formula is C38H53FN6O3S. The predicted octanol–water partition coefficient (Wildman–Crippen LogP) is 6.21. The van der Waals surface area contributed by atoms with Gasteiger partial charge in [0.2, 0.25) is 11.8 Å². The number of carbonyl (C=O) groups excluding carboxylic acids is 3. The Balaban J connectivity index is 1.12. The molecule has 2 atom stereocenters.